The number of thioether (sulfide) groups is 1. The van der Waals surface area contributed by atoms with E-state index in [1.165, 1.54) is 23.0 Å². The van der Waals surface area contributed by atoms with E-state index in [1.807, 2.05) is 11.4 Å². The first-order chi connectivity index (χ1) is 9.16. The highest BCUT2D eigenvalue weighted by Crippen LogP contribution is 2.22. The van der Waals surface area contributed by atoms with Gasteiger partial charge in [0.25, 0.3) is 5.91 Å². The Morgan fingerprint density at radius 2 is 2.42 bits per heavy atom. The highest BCUT2D eigenvalue weighted by Gasteiger charge is 2.10. The Hall–Kier alpha value is -1.34. The molecule has 0 aromatic carbocycles. The van der Waals surface area contributed by atoms with Gasteiger partial charge in [-0.1, -0.05) is 25.6 Å². The van der Waals surface area contributed by atoms with Crippen molar-refractivity contribution in [3.8, 4) is 0 Å². The summed E-state index contributed by atoms with van der Waals surface area (Å²) in [7, 11) is 0. The van der Waals surface area contributed by atoms with Crippen molar-refractivity contribution < 1.29 is 4.79 Å². The van der Waals surface area contributed by atoms with Crippen LogP contribution in [0.15, 0.2) is 22.9 Å². The molecule has 5 nitrogen and oxygen atoms in total. The maximum absolute atomic E-state index is 11.9. The lowest BCUT2D eigenvalue weighted by Gasteiger charge is -2.02. The van der Waals surface area contributed by atoms with Crippen molar-refractivity contribution in [3.63, 3.8) is 0 Å². The predicted molar refractivity (Wildman–Crippen MR) is 77.8 cm³/mol. The molecule has 0 atom stereocenters. The number of nitrogens with zero attached hydrogens (tertiary/aromatic N) is 2. The van der Waals surface area contributed by atoms with Gasteiger partial charge in [0, 0.05) is 22.6 Å². The standard InChI is InChI=1S/C12H16N4OS2/c1-8(2)10-5-9(6-19-10)11(17)13-3-4-18-12-14-7-15-16-12/h5-8H,3-4H2,1-2H3,(H,13,17)(H,14,15,16). The largest absolute Gasteiger partial charge is 0.351 e. The third kappa shape index (κ3) is 4.07. The van der Waals surface area contributed by atoms with Crippen LogP contribution in [0.5, 0.6) is 0 Å². The van der Waals surface area contributed by atoms with Gasteiger partial charge in [-0.2, -0.15) is 5.10 Å². The van der Waals surface area contributed by atoms with Gasteiger partial charge in [0.1, 0.15) is 6.33 Å². The van der Waals surface area contributed by atoms with Crippen LogP contribution in [0.2, 0.25) is 0 Å². The minimum atomic E-state index is -0.0127. The molecule has 2 N–H and O–H groups in total. The second kappa shape index (κ2) is 6.72. The lowest BCUT2D eigenvalue weighted by molar-refractivity contribution is 0.0956. The van der Waals surface area contributed by atoms with Gasteiger partial charge in [0.05, 0.1) is 5.56 Å². The zero-order chi connectivity index (χ0) is 13.7. The lowest BCUT2D eigenvalue weighted by Crippen LogP contribution is -2.25. The Bertz CT molecular complexity index is 522. The summed E-state index contributed by atoms with van der Waals surface area (Å²) in [5.74, 6) is 1.22. The molecule has 0 unspecified atom stereocenters. The molecule has 0 saturated carbocycles. The van der Waals surface area contributed by atoms with Crippen LogP contribution in [0.25, 0.3) is 0 Å². The van der Waals surface area contributed by atoms with Gasteiger partial charge >= 0.3 is 0 Å². The number of aromatic amines is 1. The third-order valence-corrected chi connectivity index (χ3v) is 4.58. The van der Waals surface area contributed by atoms with Crippen molar-refractivity contribution in [1.29, 1.82) is 0 Å². The van der Waals surface area contributed by atoms with E-state index >= 15 is 0 Å². The minimum absolute atomic E-state index is 0.0127. The number of thiophene rings is 1. The van der Waals surface area contributed by atoms with Crippen molar-refractivity contribution in [2.75, 3.05) is 12.3 Å². The maximum atomic E-state index is 11.9. The number of hydrogen-bond donors (Lipinski definition) is 2. The first-order valence-corrected chi connectivity index (χ1v) is 7.88. The van der Waals surface area contributed by atoms with Crippen LogP contribution in [0.4, 0.5) is 0 Å². The molecular weight excluding hydrogens is 280 g/mol. The Balaban J connectivity index is 1.74. The highest BCUT2D eigenvalue weighted by atomic mass is 32.2. The third-order valence-electron chi connectivity index (χ3n) is 2.47. The Morgan fingerprint density at radius 1 is 1.58 bits per heavy atom. The maximum Gasteiger partial charge on any atom is 0.252 e. The molecule has 0 fully saturated rings. The number of hydrogen-bond acceptors (Lipinski definition) is 5. The normalized spacial score (nSPS) is 10.9. The van der Waals surface area contributed by atoms with Crippen molar-refractivity contribution >= 4 is 29.0 Å². The van der Waals surface area contributed by atoms with E-state index in [-0.39, 0.29) is 5.91 Å². The van der Waals surface area contributed by atoms with Crippen molar-refractivity contribution in [1.82, 2.24) is 20.5 Å². The predicted octanol–water partition coefficient (Wildman–Crippen LogP) is 2.51. The molecular formula is C12H16N4OS2. The first kappa shape index (κ1) is 14.1. The van der Waals surface area contributed by atoms with Crippen LogP contribution in [-0.4, -0.2) is 33.4 Å². The smallest absolute Gasteiger partial charge is 0.252 e. The molecule has 7 heteroatoms. The molecule has 2 heterocycles. The van der Waals surface area contributed by atoms with E-state index in [1.54, 1.807) is 11.3 Å². The molecule has 19 heavy (non-hydrogen) atoms. The van der Waals surface area contributed by atoms with Crippen LogP contribution in [-0.2, 0) is 0 Å². The van der Waals surface area contributed by atoms with Gasteiger partial charge in [0.15, 0.2) is 5.16 Å². The Labute approximate surface area is 120 Å². The summed E-state index contributed by atoms with van der Waals surface area (Å²) in [6, 6.07) is 1.97. The molecule has 0 spiro atoms. The van der Waals surface area contributed by atoms with Crippen LogP contribution >= 0.6 is 23.1 Å². The summed E-state index contributed by atoms with van der Waals surface area (Å²) in [4.78, 5) is 17.1. The molecule has 2 aromatic heterocycles. The Kier molecular flexibility index (Phi) is 4.98. The van der Waals surface area contributed by atoms with Crippen LogP contribution in [0.3, 0.4) is 0 Å². The van der Waals surface area contributed by atoms with Crippen LogP contribution < -0.4 is 5.32 Å². The number of nitrogens with one attached hydrogen (secondary N) is 2. The highest BCUT2D eigenvalue weighted by molar-refractivity contribution is 7.99. The second-order valence-electron chi connectivity index (χ2n) is 4.29. The molecule has 2 aromatic rings. The molecule has 0 saturated heterocycles. The average molecular weight is 296 g/mol. The van der Waals surface area contributed by atoms with E-state index in [2.05, 4.69) is 34.3 Å². The molecule has 0 bridgehead atoms. The lowest BCUT2D eigenvalue weighted by atomic mass is 10.1. The van der Waals surface area contributed by atoms with Gasteiger partial charge in [-0.05, 0) is 12.0 Å². The summed E-state index contributed by atoms with van der Waals surface area (Å²) < 4.78 is 0. The summed E-state index contributed by atoms with van der Waals surface area (Å²) in [5, 5.41) is 12.1. The molecule has 0 aliphatic rings. The van der Waals surface area contributed by atoms with Crippen LogP contribution in [0.1, 0.15) is 35.0 Å². The quantitative estimate of drug-likeness (QED) is 0.635. The Morgan fingerprint density at radius 3 is 3.05 bits per heavy atom. The van der Waals surface area contributed by atoms with E-state index in [4.69, 9.17) is 0 Å². The fraction of sp³-hybridized carbons (Fsp3) is 0.417. The molecule has 0 radical (unpaired) electrons. The SMILES string of the molecule is CC(C)c1cc(C(=O)NCCSc2ncn[nH]2)cs1. The fourth-order valence-electron chi connectivity index (χ4n) is 1.45. The van der Waals surface area contributed by atoms with Gasteiger partial charge in [-0.25, -0.2) is 4.98 Å². The number of H-pyrrole nitrogens is 1. The van der Waals surface area contributed by atoms with Gasteiger partial charge in [0.2, 0.25) is 0 Å². The molecule has 0 aliphatic heterocycles. The summed E-state index contributed by atoms with van der Waals surface area (Å²) in [6.07, 6.45) is 1.47. The number of rotatable bonds is 6. The first-order valence-electron chi connectivity index (χ1n) is 6.01. The van der Waals surface area contributed by atoms with E-state index in [0.717, 1.165) is 16.5 Å². The molecule has 2 rings (SSSR count). The van der Waals surface area contributed by atoms with Crippen molar-refractivity contribution in [2.45, 2.75) is 24.9 Å². The number of carbonyl (C=O) groups excluding carboxylic acids is 1. The van der Waals surface area contributed by atoms with E-state index in [0.29, 0.717) is 12.5 Å². The van der Waals surface area contributed by atoms with E-state index in [9.17, 15) is 4.79 Å². The zero-order valence-electron chi connectivity index (χ0n) is 10.8. The monoisotopic (exact) mass is 296 g/mol. The second-order valence-corrected chi connectivity index (χ2v) is 6.31. The van der Waals surface area contributed by atoms with Gasteiger partial charge in [-0.3, -0.25) is 9.89 Å². The fourth-order valence-corrected chi connectivity index (χ4v) is 2.99. The number of amides is 1. The van der Waals surface area contributed by atoms with Crippen LogP contribution in [0, 0.1) is 0 Å². The van der Waals surface area contributed by atoms with E-state index < -0.39 is 0 Å². The topological polar surface area (TPSA) is 70.7 Å². The van der Waals surface area contributed by atoms with Gasteiger partial charge < -0.3 is 5.32 Å². The van der Waals surface area contributed by atoms with Crippen molar-refractivity contribution in [3.05, 3.63) is 28.2 Å². The molecule has 1 amide bonds. The summed E-state index contributed by atoms with van der Waals surface area (Å²) in [6.45, 7) is 4.86. The minimum Gasteiger partial charge on any atom is -0.351 e. The number of carbonyl (C=O) groups is 1. The summed E-state index contributed by atoms with van der Waals surface area (Å²) in [5.41, 5.74) is 0.748. The number of aromatic nitrogens is 3. The summed E-state index contributed by atoms with van der Waals surface area (Å²) >= 11 is 3.17. The average Bonchev–Trinajstić information content (AvgIpc) is 3.05. The zero-order valence-corrected chi connectivity index (χ0v) is 12.5. The van der Waals surface area contributed by atoms with Crippen molar-refractivity contribution in [2.24, 2.45) is 0 Å². The molecule has 0 aliphatic carbocycles. The molecule has 102 valence electrons. The van der Waals surface area contributed by atoms with Gasteiger partial charge in [-0.15, -0.1) is 11.3 Å².